The van der Waals surface area contributed by atoms with Gasteiger partial charge in [0.15, 0.2) is 5.78 Å². The molecule has 0 amide bonds. The number of carbonyl (C=O) groups excluding carboxylic acids is 1. The molecule has 0 aromatic carbocycles. The minimum absolute atomic E-state index is 0.0650. The van der Waals surface area contributed by atoms with E-state index in [4.69, 9.17) is 4.98 Å². The molecule has 0 aliphatic carbocycles. The Hall–Kier alpha value is -1.72. The summed E-state index contributed by atoms with van der Waals surface area (Å²) in [5, 5.41) is 0. The van der Waals surface area contributed by atoms with Crippen molar-refractivity contribution in [2.24, 2.45) is 16.7 Å². The second-order valence-electron chi connectivity index (χ2n) is 11.8. The van der Waals surface area contributed by atoms with Crippen LogP contribution in [0.1, 0.15) is 59.9 Å². The lowest BCUT2D eigenvalue weighted by atomic mass is 9.84. The van der Waals surface area contributed by atoms with Gasteiger partial charge in [0, 0.05) is 50.9 Å². The minimum Gasteiger partial charge on any atom is -0.356 e. The molecule has 1 atom stereocenters. The molecule has 1 aromatic rings. The van der Waals surface area contributed by atoms with Gasteiger partial charge >= 0.3 is 0 Å². The first-order valence-corrected chi connectivity index (χ1v) is 12.3. The van der Waals surface area contributed by atoms with Crippen molar-refractivity contribution in [2.75, 3.05) is 57.3 Å². The van der Waals surface area contributed by atoms with Crippen molar-refractivity contribution in [3.8, 4) is 0 Å². The Bertz CT molecular complexity index is 779. The lowest BCUT2D eigenvalue weighted by Gasteiger charge is -2.35. The van der Waals surface area contributed by atoms with E-state index in [2.05, 4.69) is 54.2 Å². The van der Waals surface area contributed by atoms with Crippen molar-refractivity contribution in [3.05, 3.63) is 30.5 Å². The maximum Gasteiger partial charge on any atom is 0.152 e. The summed E-state index contributed by atoms with van der Waals surface area (Å²) >= 11 is 0. The van der Waals surface area contributed by atoms with Crippen molar-refractivity contribution in [1.82, 2.24) is 14.8 Å². The van der Waals surface area contributed by atoms with Gasteiger partial charge in [-0.25, -0.2) is 4.98 Å². The first-order valence-electron chi connectivity index (χ1n) is 12.3. The van der Waals surface area contributed by atoms with E-state index in [-0.39, 0.29) is 10.8 Å². The van der Waals surface area contributed by atoms with Gasteiger partial charge in [0.1, 0.15) is 5.82 Å². The number of allylic oxidation sites excluding steroid dienone is 1. The summed E-state index contributed by atoms with van der Waals surface area (Å²) in [7, 11) is 0. The summed E-state index contributed by atoms with van der Waals surface area (Å²) < 4.78 is 0. The maximum absolute atomic E-state index is 12.3. The zero-order valence-corrected chi connectivity index (χ0v) is 21.3. The van der Waals surface area contributed by atoms with Crippen LogP contribution in [0.5, 0.6) is 0 Å². The fourth-order valence-corrected chi connectivity index (χ4v) is 4.44. The van der Waals surface area contributed by atoms with Crippen LogP contribution in [0.4, 0.5) is 5.82 Å². The quantitative estimate of drug-likeness (QED) is 0.620. The topological polar surface area (TPSA) is 39.7 Å². The summed E-state index contributed by atoms with van der Waals surface area (Å²) in [6, 6.07) is 4.33. The van der Waals surface area contributed by atoms with E-state index >= 15 is 0 Å². The molecule has 2 aliphatic rings. The van der Waals surface area contributed by atoms with Crippen LogP contribution in [0.15, 0.2) is 24.9 Å². The number of ketones is 1. The monoisotopic (exact) mass is 440 g/mol. The van der Waals surface area contributed by atoms with Gasteiger partial charge in [-0.3, -0.25) is 9.69 Å². The number of piperazine rings is 1. The number of pyridine rings is 1. The largest absolute Gasteiger partial charge is 0.356 e. The molecule has 1 aromatic heterocycles. The number of carbonyl (C=O) groups is 1. The summed E-state index contributed by atoms with van der Waals surface area (Å²) in [4.78, 5) is 24.4. The van der Waals surface area contributed by atoms with Crippen LogP contribution in [0, 0.1) is 16.7 Å². The van der Waals surface area contributed by atoms with Crippen LogP contribution < -0.4 is 4.90 Å². The van der Waals surface area contributed by atoms with E-state index in [0.717, 1.165) is 68.7 Å². The van der Waals surface area contributed by atoms with Crippen LogP contribution in [0.25, 0.3) is 5.57 Å². The molecule has 0 bridgehead atoms. The van der Waals surface area contributed by atoms with Gasteiger partial charge in [0.05, 0.1) is 6.54 Å². The highest BCUT2D eigenvalue weighted by atomic mass is 16.1. The van der Waals surface area contributed by atoms with Crippen molar-refractivity contribution in [3.63, 3.8) is 0 Å². The van der Waals surface area contributed by atoms with Crippen molar-refractivity contribution in [1.29, 1.82) is 0 Å². The van der Waals surface area contributed by atoms with Crippen LogP contribution >= 0.6 is 0 Å². The van der Waals surface area contributed by atoms with E-state index in [0.29, 0.717) is 12.3 Å². The Kier molecular flexibility index (Phi) is 7.82. The van der Waals surface area contributed by atoms with Crippen LogP contribution in [0.3, 0.4) is 0 Å². The molecule has 2 aliphatic heterocycles. The third kappa shape index (κ3) is 6.64. The van der Waals surface area contributed by atoms with E-state index in [9.17, 15) is 4.79 Å². The van der Waals surface area contributed by atoms with Crippen LogP contribution in [-0.4, -0.2) is 72.9 Å². The average molecular weight is 441 g/mol. The molecule has 0 N–H and O–H groups in total. The van der Waals surface area contributed by atoms with Gasteiger partial charge in [0.2, 0.25) is 0 Å². The molecule has 3 rings (SSSR count). The Balaban J connectivity index is 1.40. The lowest BCUT2D eigenvalue weighted by Crippen LogP contribution is -2.49. The standard InChI is InChI=1S/C27H44N4O/c1-21(26(2,3)4)23-8-9-25(28-18-23)31-13-11-22(19-31)10-12-29-14-16-30(17-15-29)20-24(32)27(5,6)7/h8-9,18,22H,1,10-17,19-20H2,2-7H3. The Morgan fingerprint density at radius 1 is 1.00 bits per heavy atom. The van der Waals surface area contributed by atoms with Crippen LogP contribution in [-0.2, 0) is 4.79 Å². The molecule has 178 valence electrons. The molecule has 0 saturated carbocycles. The number of hydrogen-bond acceptors (Lipinski definition) is 5. The highest BCUT2D eigenvalue weighted by Crippen LogP contribution is 2.33. The fraction of sp³-hybridized carbons (Fsp3) is 0.704. The summed E-state index contributed by atoms with van der Waals surface area (Å²) in [6.07, 6.45) is 4.48. The predicted octanol–water partition coefficient (Wildman–Crippen LogP) is 4.59. The average Bonchev–Trinajstić information content (AvgIpc) is 3.20. The molecule has 0 radical (unpaired) electrons. The molecule has 32 heavy (non-hydrogen) atoms. The lowest BCUT2D eigenvalue weighted by molar-refractivity contribution is -0.127. The molecule has 0 spiro atoms. The van der Waals surface area contributed by atoms with E-state index in [1.54, 1.807) is 0 Å². The summed E-state index contributed by atoms with van der Waals surface area (Å²) in [6.45, 7) is 25.0. The zero-order valence-electron chi connectivity index (χ0n) is 21.3. The Morgan fingerprint density at radius 2 is 1.66 bits per heavy atom. The number of nitrogens with zero attached hydrogens (tertiary/aromatic N) is 4. The minimum atomic E-state index is -0.235. The summed E-state index contributed by atoms with van der Waals surface area (Å²) in [5.41, 5.74) is 2.11. The van der Waals surface area contributed by atoms with Gasteiger partial charge in [0.25, 0.3) is 0 Å². The fourth-order valence-electron chi connectivity index (χ4n) is 4.44. The third-order valence-corrected chi connectivity index (χ3v) is 7.13. The number of rotatable bonds is 7. The first-order chi connectivity index (χ1) is 14.9. The molecule has 1 unspecified atom stereocenters. The molecular formula is C27H44N4O. The molecule has 3 heterocycles. The maximum atomic E-state index is 12.3. The number of anilines is 1. The first kappa shape index (κ1) is 24.9. The molecule has 5 nitrogen and oxygen atoms in total. The Labute approximate surface area is 195 Å². The van der Waals surface area contributed by atoms with Gasteiger partial charge in [-0.15, -0.1) is 0 Å². The van der Waals surface area contributed by atoms with Gasteiger partial charge in [-0.2, -0.15) is 0 Å². The number of aromatic nitrogens is 1. The highest BCUT2D eigenvalue weighted by molar-refractivity contribution is 5.85. The molecule has 5 heteroatoms. The summed E-state index contributed by atoms with van der Waals surface area (Å²) in [5.74, 6) is 2.18. The van der Waals surface area contributed by atoms with Crippen LogP contribution in [0.2, 0.25) is 0 Å². The van der Waals surface area contributed by atoms with Gasteiger partial charge in [-0.05, 0) is 54.0 Å². The van der Waals surface area contributed by atoms with Crippen molar-refractivity contribution >= 4 is 17.2 Å². The molecule has 2 fully saturated rings. The normalized spacial score (nSPS) is 21.2. The van der Waals surface area contributed by atoms with Crippen molar-refractivity contribution < 1.29 is 4.79 Å². The van der Waals surface area contributed by atoms with Gasteiger partial charge < -0.3 is 9.80 Å². The van der Waals surface area contributed by atoms with E-state index in [1.807, 2.05) is 27.0 Å². The van der Waals surface area contributed by atoms with Gasteiger partial charge in [-0.1, -0.05) is 48.1 Å². The SMILES string of the molecule is C=C(c1ccc(N2CCC(CCN3CCN(CC(=O)C(C)(C)C)CC3)C2)nc1)C(C)(C)C. The third-order valence-electron chi connectivity index (χ3n) is 7.13. The number of Topliss-reactive ketones (excluding diaryl/α,β-unsaturated/α-hetero) is 1. The molecular weight excluding hydrogens is 396 g/mol. The predicted molar refractivity (Wildman–Crippen MR) is 135 cm³/mol. The second kappa shape index (κ2) is 10.0. The Morgan fingerprint density at radius 3 is 2.22 bits per heavy atom. The van der Waals surface area contributed by atoms with E-state index < -0.39 is 0 Å². The zero-order chi connectivity index (χ0) is 23.5. The number of hydrogen-bond donors (Lipinski definition) is 0. The molecule has 2 saturated heterocycles. The second-order valence-corrected chi connectivity index (χ2v) is 11.8. The van der Waals surface area contributed by atoms with E-state index in [1.165, 1.54) is 12.8 Å². The highest BCUT2D eigenvalue weighted by Gasteiger charge is 2.27. The van der Waals surface area contributed by atoms with Crippen molar-refractivity contribution in [2.45, 2.75) is 54.4 Å². The smallest absolute Gasteiger partial charge is 0.152 e.